The van der Waals surface area contributed by atoms with Crippen LogP contribution in [-0.4, -0.2) is 37.4 Å². The van der Waals surface area contributed by atoms with E-state index in [0.717, 1.165) is 0 Å². The Hall–Kier alpha value is -0.340. The molecule has 1 heterocycles. The second-order valence-electron chi connectivity index (χ2n) is 3.72. The van der Waals surface area contributed by atoms with Crippen LogP contribution in [0.1, 0.15) is 13.3 Å². The molecule has 2 unspecified atom stereocenters. The molecule has 2 N–H and O–H groups in total. The van der Waals surface area contributed by atoms with Gasteiger partial charge in [0.1, 0.15) is 0 Å². The topological polar surface area (TPSA) is 63.4 Å². The monoisotopic (exact) mass is 246 g/mol. The van der Waals surface area contributed by atoms with Crippen LogP contribution in [-0.2, 0) is 10.0 Å². The first-order valence-corrected chi connectivity index (χ1v) is 5.92. The third-order valence-corrected chi connectivity index (χ3v) is 4.16. The zero-order valence-corrected chi connectivity index (χ0v) is 8.98. The highest BCUT2D eigenvalue weighted by Gasteiger charge is 2.51. The third-order valence-electron chi connectivity index (χ3n) is 2.56. The largest absolute Gasteiger partial charge is 0.511 e. The Bertz CT molecular complexity index is 326. The van der Waals surface area contributed by atoms with Gasteiger partial charge in [-0.2, -0.15) is 17.5 Å². The first kappa shape index (κ1) is 12.7. The number of hydrogen-bond acceptors (Lipinski definition) is 3. The van der Waals surface area contributed by atoms with Crippen molar-refractivity contribution in [1.29, 1.82) is 0 Å². The van der Waals surface area contributed by atoms with E-state index in [9.17, 15) is 21.6 Å². The van der Waals surface area contributed by atoms with Gasteiger partial charge in [-0.05, 0) is 19.3 Å². The average Bonchev–Trinajstić information content (AvgIpc) is 2.49. The molecule has 0 radical (unpaired) electrons. The second-order valence-corrected chi connectivity index (χ2v) is 5.65. The number of alkyl halides is 3. The van der Waals surface area contributed by atoms with Gasteiger partial charge in [0.2, 0.25) is 0 Å². The van der Waals surface area contributed by atoms with E-state index in [2.05, 4.69) is 0 Å². The maximum absolute atomic E-state index is 12.2. The highest BCUT2D eigenvalue weighted by atomic mass is 32.2. The first-order chi connectivity index (χ1) is 6.66. The summed E-state index contributed by atoms with van der Waals surface area (Å²) in [5, 5.41) is 0. The van der Waals surface area contributed by atoms with E-state index in [4.69, 9.17) is 5.73 Å². The molecular weight excluding hydrogens is 233 g/mol. The van der Waals surface area contributed by atoms with Crippen LogP contribution < -0.4 is 5.73 Å². The molecule has 2 atom stereocenters. The molecule has 0 amide bonds. The van der Waals surface area contributed by atoms with Gasteiger partial charge in [0, 0.05) is 19.1 Å². The summed E-state index contributed by atoms with van der Waals surface area (Å²) >= 11 is 0. The van der Waals surface area contributed by atoms with E-state index in [1.807, 2.05) is 0 Å². The van der Waals surface area contributed by atoms with Gasteiger partial charge in [0.15, 0.2) is 0 Å². The lowest BCUT2D eigenvalue weighted by Gasteiger charge is -2.19. The molecule has 8 heteroatoms. The van der Waals surface area contributed by atoms with E-state index in [-0.39, 0.29) is 25.0 Å². The number of nitrogens with zero attached hydrogens (tertiary/aromatic N) is 1. The summed E-state index contributed by atoms with van der Waals surface area (Å²) in [6.07, 6.45) is 0.382. The van der Waals surface area contributed by atoms with Crippen LogP contribution in [0.2, 0.25) is 0 Å². The molecule has 4 nitrogen and oxygen atoms in total. The summed E-state index contributed by atoms with van der Waals surface area (Å²) in [5.41, 5.74) is 0.301. The number of hydrogen-bond donors (Lipinski definition) is 1. The summed E-state index contributed by atoms with van der Waals surface area (Å²) in [6, 6.07) is -0.293. The maximum atomic E-state index is 12.2. The van der Waals surface area contributed by atoms with E-state index >= 15 is 0 Å². The Kier molecular flexibility index (Phi) is 3.32. The predicted molar refractivity (Wildman–Crippen MR) is 48.3 cm³/mol. The zero-order chi connectivity index (χ0) is 11.9. The fourth-order valence-electron chi connectivity index (χ4n) is 1.55. The van der Waals surface area contributed by atoms with Crippen LogP contribution in [0.25, 0.3) is 0 Å². The molecule has 0 bridgehead atoms. The van der Waals surface area contributed by atoms with Gasteiger partial charge in [-0.25, -0.2) is 8.42 Å². The maximum Gasteiger partial charge on any atom is 0.511 e. The minimum atomic E-state index is -5.21. The van der Waals surface area contributed by atoms with Crippen molar-refractivity contribution in [3.8, 4) is 0 Å². The van der Waals surface area contributed by atoms with Gasteiger partial charge in [-0.1, -0.05) is 0 Å². The number of halogens is 3. The summed E-state index contributed by atoms with van der Waals surface area (Å²) in [5.74, 6) is -0.192. The number of nitrogens with two attached hydrogens (primary N) is 1. The van der Waals surface area contributed by atoms with Crippen LogP contribution in [0.4, 0.5) is 13.2 Å². The van der Waals surface area contributed by atoms with Crippen molar-refractivity contribution in [1.82, 2.24) is 4.31 Å². The molecule has 0 saturated carbocycles. The molecule has 15 heavy (non-hydrogen) atoms. The Morgan fingerprint density at radius 1 is 1.47 bits per heavy atom. The minimum absolute atomic E-state index is 0.103. The van der Waals surface area contributed by atoms with Crippen molar-refractivity contribution >= 4 is 10.0 Å². The van der Waals surface area contributed by atoms with E-state index in [1.54, 1.807) is 6.92 Å². The highest BCUT2D eigenvalue weighted by molar-refractivity contribution is 7.90. The Morgan fingerprint density at radius 2 is 2.00 bits per heavy atom. The quantitative estimate of drug-likeness (QED) is 0.772. The third kappa shape index (κ3) is 2.43. The predicted octanol–water partition coefficient (Wildman–Crippen LogP) is 0.505. The lowest BCUT2D eigenvalue weighted by molar-refractivity contribution is -0.0484. The van der Waals surface area contributed by atoms with Gasteiger partial charge in [0.05, 0.1) is 0 Å². The normalized spacial score (nSPS) is 26.9. The van der Waals surface area contributed by atoms with Crippen molar-refractivity contribution in [2.45, 2.75) is 24.9 Å². The van der Waals surface area contributed by atoms with Crippen LogP contribution in [0, 0.1) is 5.92 Å². The van der Waals surface area contributed by atoms with Gasteiger partial charge < -0.3 is 5.73 Å². The molecule has 1 fully saturated rings. The van der Waals surface area contributed by atoms with Gasteiger partial charge in [-0.3, -0.25) is 0 Å². The minimum Gasteiger partial charge on any atom is -0.328 e. The van der Waals surface area contributed by atoms with E-state index < -0.39 is 15.5 Å². The second kappa shape index (κ2) is 3.91. The Morgan fingerprint density at radius 3 is 2.33 bits per heavy atom. The molecule has 0 aromatic carbocycles. The first-order valence-electron chi connectivity index (χ1n) is 4.48. The molecule has 1 aliphatic heterocycles. The Balaban J connectivity index is 2.78. The zero-order valence-electron chi connectivity index (χ0n) is 8.16. The molecule has 90 valence electrons. The van der Waals surface area contributed by atoms with E-state index in [0.29, 0.717) is 10.7 Å². The van der Waals surface area contributed by atoms with Gasteiger partial charge in [-0.15, -0.1) is 0 Å². The van der Waals surface area contributed by atoms with Crippen LogP contribution in [0.5, 0.6) is 0 Å². The van der Waals surface area contributed by atoms with Gasteiger partial charge >= 0.3 is 15.5 Å². The average molecular weight is 246 g/mol. The number of rotatable bonds is 2. The molecule has 1 aliphatic rings. The van der Waals surface area contributed by atoms with Crippen molar-refractivity contribution in [2.24, 2.45) is 11.7 Å². The van der Waals surface area contributed by atoms with Crippen LogP contribution in [0.3, 0.4) is 0 Å². The lowest BCUT2D eigenvalue weighted by Crippen LogP contribution is -2.40. The smallest absolute Gasteiger partial charge is 0.328 e. The number of sulfonamides is 1. The summed E-state index contributed by atoms with van der Waals surface area (Å²) in [4.78, 5) is 0. The fraction of sp³-hybridized carbons (Fsp3) is 1.00. The highest BCUT2D eigenvalue weighted by Crippen LogP contribution is 2.31. The van der Waals surface area contributed by atoms with Crippen molar-refractivity contribution < 1.29 is 21.6 Å². The summed E-state index contributed by atoms with van der Waals surface area (Å²) < 4.78 is 58.9. The van der Waals surface area contributed by atoms with Gasteiger partial charge in [0.25, 0.3) is 0 Å². The SMILES string of the molecule is CC(N)C1CCN(S(=O)(=O)C(F)(F)F)C1. The fourth-order valence-corrected chi connectivity index (χ4v) is 2.57. The van der Waals surface area contributed by atoms with Crippen molar-refractivity contribution in [2.75, 3.05) is 13.1 Å². The van der Waals surface area contributed by atoms with Crippen molar-refractivity contribution in [3.05, 3.63) is 0 Å². The molecule has 1 saturated heterocycles. The van der Waals surface area contributed by atoms with Crippen LogP contribution >= 0.6 is 0 Å². The molecular formula is C7H13F3N2O2S. The lowest BCUT2D eigenvalue weighted by atomic mass is 10.0. The molecule has 0 aromatic heterocycles. The van der Waals surface area contributed by atoms with E-state index in [1.165, 1.54) is 0 Å². The van der Waals surface area contributed by atoms with Crippen molar-refractivity contribution in [3.63, 3.8) is 0 Å². The standard InChI is InChI=1S/C7H13F3N2O2S/c1-5(11)6-2-3-12(4-6)15(13,14)7(8,9)10/h5-6H,2-4,11H2,1H3. The molecule has 0 aromatic rings. The summed E-state index contributed by atoms with van der Waals surface area (Å²) in [7, 11) is -5.16. The molecule has 1 rings (SSSR count). The molecule has 0 spiro atoms. The summed E-state index contributed by atoms with van der Waals surface area (Å²) in [6.45, 7) is 1.42. The Labute approximate surface area is 86.3 Å². The molecule has 0 aliphatic carbocycles. The van der Waals surface area contributed by atoms with Crippen LogP contribution in [0.15, 0.2) is 0 Å².